The fourth-order valence-electron chi connectivity index (χ4n) is 3.55. The Morgan fingerprint density at radius 3 is 2.32 bits per heavy atom. The average Bonchev–Trinajstić information content (AvgIpc) is 2.74. The first-order valence-electron chi connectivity index (χ1n) is 10.1. The van der Waals surface area contributed by atoms with Crippen LogP contribution in [0.25, 0.3) is 0 Å². The van der Waals surface area contributed by atoms with Gasteiger partial charge in [-0.3, -0.25) is 9.59 Å². The van der Waals surface area contributed by atoms with E-state index in [-0.39, 0.29) is 24.4 Å². The van der Waals surface area contributed by atoms with Gasteiger partial charge in [-0.1, -0.05) is 49.6 Å². The number of benzene rings is 2. The molecule has 1 fully saturated rings. The molecule has 0 bridgehead atoms. The molecule has 1 saturated carbocycles. The molecule has 0 radical (unpaired) electrons. The van der Waals surface area contributed by atoms with Gasteiger partial charge in [0.25, 0.3) is 5.91 Å². The third-order valence-electron chi connectivity index (χ3n) is 5.22. The first-order chi connectivity index (χ1) is 13.6. The maximum Gasteiger partial charge on any atom is 0.251 e. The first-order valence-corrected chi connectivity index (χ1v) is 10.1. The van der Waals surface area contributed by atoms with Crippen LogP contribution in [0.4, 0.5) is 5.69 Å². The predicted molar refractivity (Wildman–Crippen MR) is 112 cm³/mol. The monoisotopic (exact) mass is 379 g/mol. The molecular formula is C23H29N3O2. The topological polar surface area (TPSA) is 70.2 Å². The number of anilines is 1. The third-order valence-corrected chi connectivity index (χ3v) is 5.22. The van der Waals surface area contributed by atoms with Crippen LogP contribution in [0, 0.1) is 0 Å². The number of carbonyl (C=O) groups excluding carboxylic acids is 2. The Labute approximate surface area is 166 Å². The van der Waals surface area contributed by atoms with E-state index in [1.54, 1.807) is 12.1 Å². The molecule has 5 nitrogen and oxygen atoms in total. The Bertz CT molecular complexity index is 768. The molecule has 5 heteroatoms. The van der Waals surface area contributed by atoms with Crippen molar-refractivity contribution < 1.29 is 9.59 Å². The van der Waals surface area contributed by atoms with E-state index in [0.717, 1.165) is 24.1 Å². The zero-order chi connectivity index (χ0) is 19.8. The zero-order valence-corrected chi connectivity index (χ0v) is 16.4. The molecule has 28 heavy (non-hydrogen) atoms. The molecule has 1 atom stereocenters. The van der Waals surface area contributed by atoms with Crippen molar-refractivity contribution in [2.45, 2.75) is 51.1 Å². The van der Waals surface area contributed by atoms with Crippen molar-refractivity contribution in [3.05, 3.63) is 65.7 Å². The molecule has 3 N–H and O–H groups in total. The molecular weight excluding hydrogens is 350 g/mol. The second-order valence-corrected chi connectivity index (χ2v) is 7.44. The van der Waals surface area contributed by atoms with E-state index in [9.17, 15) is 9.59 Å². The van der Waals surface area contributed by atoms with E-state index in [2.05, 4.69) is 16.0 Å². The van der Waals surface area contributed by atoms with Gasteiger partial charge >= 0.3 is 0 Å². The summed E-state index contributed by atoms with van der Waals surface area (Å²) in [7, 11) is 0. The number of carbonyl (C=O) groups is 2. The van der Waals surface area contributed by atoms with E-state index in [4.69, 9.17) is 0 Å². The summed E-state index contributed by atoms with van der Waals surface area (Å²) >= 11 is 0. The van der Waals surface area contributed by atoms with Crippen LogP contribution in [0.15, 0.2) is 54.6 Å². The van der Waals surface area contributed by atoms with Crippen LogP contribution in [0.3, 0.4) is 0 Å². The predicted octanol–water partition coefficient (Wildman–Crippen LogP) is 4.04. The van der Waals surface area contributed by atoms with Crippen molar-refractivity contribution in [3.63, 3.8) is 0 Å². The molecule has 3 rings (SSSR count). The smallest absolute Gasteiger partial charge is 0.251 e. The van der Waals surface area contributed by atoms with Gasteiger partial charge in [0, 0.05) is 17.3 Å². The highest BCUT2D eigenvalue weighted by atomic mass is 16.2. The number of hydrogen-bond donors (Lipinski definition) is 3. The summed E-state index contributed by atoms with van der Waals surface area (Å²) in [6.45, 7) is 2.21. The molecule has 2 aromatic rings. The minimum absolute atomic E-state index is 0.0189. The minimum atomic E-state index is -0.113. The van der Waals surface area contributed by atoms with E-state index >= 15 is 0 Å². The molecule has 0 saturated heterocycles. The van der Waals surface area contributed by atoms with Gasteiger partial charge < -0.3 is 16.0 Å². The highest BCUT2D eigenvalue weighted by molar-refractivity contribution is 5.94. The zero-order valence-electron chi connectivity index (χ0n) is 16.4. The maximum absolute atomic E-state index is 12.4. The van der Waals surface area contributed by atoms with Gasteiger partial charge in [-0.25, -0.2) is 0 Å². The van der Waals surface area contributed by atoms with Crippen LogP contribution >= 0.6 is 0 Å². The summed E-state index contributed by atoms with van der Waals surface area (Å²) in [5.41, 5.74) is 2.49. The van der Waals surface area contributed by atoms with Crippen LogP contribution in [0.5, 0.6) is 0 Å². The van der Waals surface area contributed by atoms with Crippen LogP contribution in [-0.4, -0.2) is 24.4 Å². The molecule has 2 amide bonds. The van der Waals surface area contributed by atoms with E-state index < -0.39 is 0 Å². The lowest BCUT2D eigenvalue weighted by Crippen LogP contribution is -2.39. The van der Waals surface area contributed by atoms with Gasteiger partial charge in [-0.15, -0.1) is 0 Å². The summed E-state index contributed by atoms with van der Waals surface area (Å²) in [5, 5.41) is 9.22. The highest BCUT2D eigenvalue weighted by Crippen LogP contribution is 2.17. The SMILES string of the molecule is CC(NC(=O)c1ccc(NCC(=O)NC2CCCCC2)cc1)c1ccccc1. The van der Waals surface area contributed by atoms with Gasteiger partial charge in [0.2, 0.25) is 5.91 Å². The normalized spacial score (nSPS) is 15.5. The van der Waals surface area contributed by atoms with Crippen molar-refractivity contribution in [3.8, 4) is 0 Å². The van der Waals surface area contributed by atoms with Crippen LogP contribution in [0.1, 0.15) is 61.0 Å². The second kappa shape index (κ2) is 9.93. The first kappa shape index (κ1) is 19.9. The summed E-state index contributed by atoms with van der Waals surface area (Å²) < 4.78 is 0. The van der Waals surface area contributed by atoms with Gasteiger partial charge in [0.05, 0.1) is 12.6 Å². The highest BCUT2D eigenvalue weighted by Gasteiger charge is 2.15. The van der Waals surface area contributed by atoms with E-state index in [1.807, 2.05) is 49.4 Å². The van der Waals surface area contributed by atoms with Crippen LogP contribution < -0.4 is 16.0 Å². The molecule has 0 aliphatic heterocycles. The molecule has 1 aliphatic carbocycles. The standard InChI is InChI=1S/C23H29N3O2/c1-17(18-8-4-2-5-9-18)25-23(28)19-12-14-20(15-13-19)24-16-22(27)26-21-10-6-3-7-11-21/h2,4-5,8-9,12-15,17,21,24H,3,6-7,10-11,16H2,1H3,(H,25,28)(H,26,27). The van der Waals surface area contributed by atoms with Crippen molar-refractivity contribution in [1.29, 1.82) is 0 Å². The van der Waals surface area contributed by atoms with E-state index in [1.165, 1.54) is 19.3 Å². The Hall–Kier alpha value is -2.82. The van der Waals surface area contributed by atoms with Crippen LogP contribution in [0.2, 0.25) is 0 Å². The molecule has 0 spiro atoms. The van der Waals surface area contributed by atoms with Gasteiger partial charge in [-0.05, 0) is 49.6 Å². The minimum Gasteiger partial charge on any atom is -0.376 e. The molecule has 1 unspecified atom stereocenters. The van der Waals surface area contributed by atoms with Crippen molar-refractivity contribution >= 4 is 17.5 Å². The van der Waals surface area contributed by atoms with Gasteiger partial charge in [0.15, 0.2) is 0 Å². The van der Waals surface area contributed by atoms with Crippen molar-refractivity contribution in [2.75, 3.05) is 11.9 Å². The maximum atomic E-state index is 12.4. The molecule has 0 aromatic heterocycles. The largest absolute Gasteiger partial charge is 0.376 e. The fourth-order valence-corrected chi connectivity index (χ4v) is 3.55. The molecule has 148 valence electrons. The molecule has 0 heterocycles. The average molecular weight is 380 g/mol. The Balaban J connectivity index is 1.46. The summed E-state index contributed by atoms with van der Waals surface area (Å²) in [6, 6.07) is 17.3. The van der Waals surface area contributed by atoms with Gasteiger partial charge in [-0.2, -0.15) is 0 Å². The fraction of sp³-hybridized carbons (Fsp3) is 0.391. The Morgan fingerprint density at radius 1 is 0.964 bits per heavy atom. The van der Waals surface area contributed by atoms with E-state index in [0.29, 0.717) is 11.6 Å². The summed E-state index contributed by atoms with van der Waals surface area (Å²) in [6.07, 6.45) is 5.83. The lowest BCUT2D eigenvalue weighted by atomic mass is 9.95. The van der Waals surface area contributed by atoms with Crippen LogP contribution in [-0.2, 0) is 4.79 Å². The summed E-state index contributed by atoms with van der Waals surface area (Å²) in [5.74, 6) is -0.0941. The summed E-state index contributed by atoms with van der Waals surface area (Å²) in [4.78, 5) is 24.5. The number of rotatable bonds is 7. The quantitative estimate of drug-likeness (QED) is 0.680. The third kappa shape index (κ3) is 5.84. The van der Waals surface area contributed by atoms with Crippen molar-refractivity contribution in [2.24, 2.45) is 0 Å². The Kier molecular flexibility index (Phi) is 7.06. The Morgan fingerprint density at radius 2 is 1.64 bits per heavy atom. The number of nitrogens with one attached hydrogen (secondary N) is 3. The lowest BCUT2D eigenvalue weighted by Gasteiger charge is -2.22. The van der Waals surface area contributed by atoms with Crippen molar-refractivity contribution in [1.82, 2.24) is 10.6 Å². The second-order valence-electron chi connectivity index (χ2n) is 7.44. The number of hydrogen-bond acceptors (Lipinski definition) is 3. The lowest BCUT2D eigenvalue weighted by molar-refractivity contribution is -0.120. The number of amides is 2. The molecule has 2 aromatic carbocycles. The van der Waals surface area contributed by atoms with Gasteiger partial charge in [0.1, 0.15) is 0 Å². The molecule has 1 aliphatic rings.